The number of nitrogens with two attached hydrogens (primary N) is 1. The minimum atomic E-state index is -0.429. The zero-order chi connectivity index (χ0) is 15.2. The summed E-state index contributed by atoms with van der Waals surface area (Å²) >= 11 is 0. The van der Waals surface area contributed by atoms with E-state index in [2.05, 4.69) is 0 Å². The number of anilines is 1. The number of carbonyl (C=O) groups is 1. The van der Waals surface area contributed by atoms with Gasteiger partial charge in [0.2, 0.25) is 0 Å². The van der Waals surface area contributed by atoms with E-state index in [1.54, 1.807) is 43.3 Å². The van der Waals surface area contributed by atoms with Crippen LogP contribution in [0.25, 0.3) is 0 Å². The lowest BCUT2D eigenvalue weighted by Crippen LogP contribution is -2.05. The van der Waals surface area contributed by atoms with Gasteiger partial charge in [0.25, 0.3) is 0 Å². The molecule has 0 aliphatic heterocycles. The van der Waals surface area contributed by atoms with Gasteiger partial charge in [-0.15, -0.1) is 0 Å². The zero-order valence-electron chi connectivity index (χ0n) is 11.5. The maximum Gasteiger partial charge on any atom is 0.338 e. The SMILES string of the molecule is CCOC(=O)c1ccc(N)c(Oc2ccc(C#N)cc2)c1. The van der Waals surface area contributed by atoms with Crippen LogP contribution in [0.1, 0.15) is 22.8 Å². The van der Waals surface area contributed by atoms with Crippen LogP contribution >= 0.6 is 0 Å². The summed E-state index contributed by atoms with van der Waals surface area (Å²) in [5.41, 5.74) is 7.16. The number of benzene rings is 2. The van der Waals surface area contributed by atoms with E-state index in [0.29, 0.717) is 34.9 Å². The Morgan fingerprint density at radius 2 is 1.95 bits per heavy atom. The fourth-order valence-electron chi connectivity index (χ4n) is 1.69. The summed E-state index contributed by atoms with van der Waals surface area (Å²) in [6.45, 7) is 2.04. The number of esters is 1. The first-order valence-electron chi connectivity index (χ1n) is 6.38. The zero-order valence-corrected chi connectivity index (χ0v) is 11.5. The lowest BCUT2D eigenvalue weighted by atomic mass is 10.2. The molecule has 0 atom stereocenters. The summed E-state index contributed by atoms with van der Waals surface area (Å²) in [6, 6.07) is 13.3. The molecule has 2 aromatic carbocycles. The lowest BCUT2D eigenvalue weighted by Gasteiger charge is -2.10. The van der Waals surface area contributed by atoms with Crippen LogP contribution in [0.3, 0.4) is 0 Å². The van der Waals surface area contributed by atoms with Crippen molar-refractivity contribution in [3.05, 3.63) is 53.6 Å². The Balaban J connectivity index is 2.24. The quantitative estimate of drug-likeness (QED) is 0.688. The Morgan fingerprint density at radius 3 is 2.57 bits per heavy atom. The van der Waals surface area contributed by atoms with Crippen molar-refractivity contribution >= 4 is 11.7 Å². The number of nitrogens with zero attached hydrogens (tertiary/aromatic N) is 1. The Bertz CT molecular complexity index is 688. The number of ether oxygens (including phenoxy) is 2. The molecule has 0 unspecified atom stereocenters. The first-order valence-corrected chi connectivity index (χ1v) is 6.38. The van der Waals surface area contributed by atoms with Gasteiger partial charge in [-0.2, -0.15) is 5.26 Å². The highest BCUT2D eigenvalue weighted by molar-refractivity contribution is 5.90. The molecule has 0 fully saturated rings. The summed E-state index contributed by atoms with van der Waals surface area (Å²) in [5, 5.41) is 8.75. The molecule has 0 aliphatic rings. The van der Waals surface area contributed by atoms with E-state index < -0.39 is 5.97 Å². The maximum atomic E-state index is 11.7. The van der Waals surface area contributed by atoms with Gasteiger partial charge >= 0.3 is 5.97 Å². The molecule has 5 heteroatoms. The molecule has 0 amide bonds. The van der Waals surface area contributed by atoms with Crippen LogP contribution in [0.4, 0.5) is 5.69 Å². The van der Waals surface area contributed by atoms with Crippen molar-refractivity contribution in [2.24, 2.45) is 0 Å². The van der Waals surface area contributed by atoms with Gasteiger partial charge in [-0.25, -0.2) is 4.79 Å². The molecule has 2 aromatic rings. The summed E-state index contributed by atoms with van der Waals surface area (Å²) in [5.74, 6) is 0.467. The minimum Gasteiger partial charge on any atom is -0.462 e. The van der Waals surface area contributed by atoms with Crippen molar-refractivity contribution in [3.8, 4) is 17.6 Å². The van der Waals surface area contributed by atoms with Gasteiger partial charge in [0, 0.05) is 0 Å². The Kier molecular flexibility index (Phi) is 4.42. The van der Waals surface area contributed by atoms with Crippen molar-refractivity contribution in [3.63, 3.8) is 0 Å². The van der Waals surface area contributed by atoms with E-state index in [4.69, 9.17) is 20.5 Å². The number of nitrogen functional groups attached to an aromatic ring is 1. The monoisotopic (exact) mass is 282 g/mol. The molecule has 0 heterocycles. The van der Waals surface area contributed by atoms with Crippen LogP contribution in [0, 0.1) is 11.3 Å². The lowest BCUT2D eigenvalue weighted by molar-refractivity contribution is 0.0526. The smallest absolute Gasteiger partial charge is 0.338 e. The van der Waals surface area contributed by atoms with Crippen molar-refractivity contribution in [2.45, 2.75) is 6.92 Å². The summed E-state index contributed by atoms with van der Waals surface area (Å²) < 4.78 is 10.6. The molecule has 0 aliphatic carbocycles. The van der Waals surface area contributed by atoms with E-state index >= 15 is 0 Å². The summed E-state index contributed by atoms with van der Waals surface area (Å²) in [6.07, 6.45) is 0. The van der Waals surface area contributed by atoms with Crippen LogP contribution in [0.5, 0.6) is 11.5 Å². The molecule has 0 aromatic heterocycles. The third kappa shape index (κ3) is 3.51. The highest BCUT2D eigenvalue weighted by Crippen LogP contribution is 2.28. The highest BCUT2D eigenvalue weighted by Gasteiger charge is 2.10. The van der Waals surface area contributed by atoms with Crippen molar-refractivity contribution in [2.75, 3.05) is 12.3 Å². The second kappa shape index (κ2) is 6.44. The molecular formula is C16H14N2O3. The molecular weight excluding hydrogens is 268 g/mol. The standard InChI is InChI=1S/C16H14N2O3/c1-2-20-16(19)12-5-8-14(18)15(9-12)21-13-6-3-11(10-17)4-7-13/h3-9H,2,18H2,1H3. The Labute approximate surface area is 122 Å². The van der Waals surface area contributed by atoms with Gasteiger partial charge in [-0.3, -0.25) is 0 Å². The normalized spacial score (nSPS) is 9.71. The highest BCUT2D eigenvalue weighted by atomic mass is 16.5. The fraction of sp³-hybridized carbons (Fsp3) is 0.125. The number of hydrogen-bond donors (Lipinski definition) is 1. The predicted molar refractivity (Wildman–Crippen MR) is 78.0 cm³/mol. The van der Waals surface area contributed by atoms with Crippen LogP contribution in [-0.2, 0) is 4.74 Å². The topological polar surface area (TPSA) is 85.3 Å². The number of nitriles is 1. The number of hydrogen-bond acceptors (Lipinski definition) is 5. The van der Waals surface area contributed by atoms with Gasteiger partial charge in [-0.05, 0) is 49.4 Å². The molecule has 21 heavy (non-hydrogen) atoms. The maximum absolute atomic E-state index is 11.7. The average molecular weight is 282 g/mol. The van der Waals surface area contributed by atoms with Crippen molar-refractivity contribution in [1.82, 2.24) is 0 Å². The Morgan fingerprint density at radius 1 is 1.24 bits per heavy atom. The minimum absolute atomic E-state index is 0.301. The Hall–Kier alpha value is -3.00. The van der Waals surface area contributed by atoms with Gasteiger partial charge in [0.1, 0.15) is 5.75 Å². The molecule has 5 nitrogen and oxygen atoms in total. The van der Waals surface area contributed by atoms with Crippen LogP contribution in [-0.4, -0.2) is 12.6 Å². The number of rotatable bonds is 4. The van der Waals surface area contributed by atoms with E-state index in [1.807, 2.05) is 6.07 Å². The van der Waals surface area contributed by atoms with Gasteiger partial charge in [0.05, 0.1) is 29.5 Å². The first-order chi connectivity index (χ1) is 10.1. The predicted octanol–water partition coefficient (Wildman–Crippen LogP) is 3.11. The van der Waals surface area contributed by atoms with E-state index in [0.717, 1.165) is 0 Å². The summed E-state index contributed by atoms with van der Waals surface area (Å²) in [7, 11) is 0. The van der Waals surface area contributed by atoms with Gasteiger partial charge < -0.3 is 15.2 Å². The van der Waals surface area contributed by atoms with E-state index in [9.17, 15) is 4.79 Å². The molecule has 0 radical (unpaired) electrons. The van der Waals surface area contributed by atoms with Gasteiger partial charge in [-0.1, -0.05) is 0 Å². The van der Waals surface area contributed by atoms with Crippen LogP contribution < -0.4 is 10.5 Å². The third-order valence-corrected chi connectivity index (χ3v) is 2.74. The van der Waals surface area contributed by atoms with E-state index in [-0.39, 0.29) is 0 Å². The van der Waals surface area contributed by atoms with Crippen molar-refractivity contribution < 1.29 is 14.3 Å². The molecule has 0 saturated heterocycles. The third-order valence-electron chi connectivity index (χ3n) is 2.74. The summed E-state index contributed by atoms with van der Waals surface area (Å²) in [4.78, 5) is 11.7. The molecule has 2 N–H and O–H groups in total. The first kappa shape index (κ1) is 14.4. The second-order valence-corrected chi connectivity index (χ2v) is 4.21. The largest absolute Gasteiger partial charge is 0.462 e. The second-order valence-electron chi connectivity index (χ2n) is 4.21. The number of carbonyl (C=O) groups excluding carboxylic acids is 1. The molecule has 0 bridgehead atoms. The molecule has 0 saturated carbocycles. The molecule has 2 rings (SSSR count). The van der Waals surface area contributed by atoms with Crippen LogP contribution in [0.15, 0.2) is 42.5 Å². The van der Waals surface area contributed by atoms with Crippen LogP contribution in [0.2, 0.25) is 0 Å². The van der Waals surface area contributed by atoms with Gasteiger partial charge in [0.15, 0.2) is 5.75 Å². The molecule has 106 valence electrons. The molecule has 0 spiro atoms. The van der Waals surface area contributed by atoms with E-state index in [1.165, 1.54) is 6.07 Å². The van der Waals surface area contributed by atoms with Crippen molar-refractivity contribution in [1.29, 1.82) is 5.26 Å². The fourth-order valence-corrected chi connectivity index (χ4v) is 1.69. The average Bonchev–Trinajstić information content (AvgIpc) is 2.50.